The van der Waals surface area contributed by atoms with Crippen molar-refractivity contribution in [3.63, 3.8) is 0 Å². The molecule has 6 heteroatoms. The van der Waals surface area contributed by atoms with Gasteiger partial charge >= 0.3 is 0 Å². The highest BCUT2D eigenvalue weighted by Gasteiger charge is 2.22. The third-order valence-electron chi connectivity index (χ3n) is 3.27. The number of rotatable bonds is 6. The summed E-state index contributed by atoms with van der Waals surface area (Å²) in [5.74, 6) is -0.0630. The Labute approximate surface area is 133 Å². The molecule has 2 aromatic rings. The molecule has 0 radical (unpaired) electrons. The minimum Gasteiger partial charge on any atom is -0.397 e. The standard InChI is InChI=1S/C15H19ClN2O2S/c1-3-18(8-9-20-4-2)15(19)14-13(17)12-10(16)6-5-7-11(12)21-14/h5-7H,3-4,8-9,17H2,1-2H3. The number of nitrogen functional groups attached to an aromatic ring is 1. The minimum absolute atomic E-state index is 0.0630. The van der Waals surface area contributed by atoms with Crippen molar-refractivity contribution in [1.82, 2.24) is 4.90 Å². The van der Waals surface area contributed by atoms with Gasteiger partial charge < -0.3 is 15.4 Å². The predicted molar refractivity (Wildman–Crippen MR) is 89.3 cm³/mol. The second kappa shape index (κ2) is 7.11. The van der Waals surface area contributed by atoms with Gasteiger partial charge in [-0.25, -0.2) is 0 Å². The molecular formula is C15H19ClN2O2S. The topological polar surface area (TPSA) is 55.6 Å². The zero-order chi connectivity index (χ0) is 15.4. The van der Waals surface area contributed by atoms with Crippen LogP contribution < -0.4 is 5.73 Å². The van der Waals surface area contributed by atoms with Crippen LogP contribution in [0.5, 0.6) is 0 Å². The number of nitrogens with two attached hydrogens (primary N) is 1. The Bertz CT molecular complexity index is 642. The van der Waals surface area contributed by atoms with Gasteiger partial charge in [0.1, 0.15) is 4.88 Å². The lowest BCUT2D eigenvalue weighted by atomic mass is 10.2. The molecule has 1 amide bonds. The summed E-state index contributed by atoms with van der Waals surface area (Å²) in [5, 5.41) is 1.35. The SMILES string of the molecule is CCOCCN(CC)C(=O)c1sc2cccc(Cl)c2c1N. The first-order valence-electron chi connectivity index (χ1n) is 6.93. The first-order valence-corrected chi connectivity index (χ1v) is 8.13. The van der Waals surface area contributed by atoms with Crippen molar-refractivity contribution in [2.75, 3.05) is 32.0 Å². The van der Waals surface area contributed by atoms with Crippen molar-refractivity contribution in [3.8, 4) is 0 Å². The largest absolute Gasteiger partial charge is 0.397 e. The maximum Gasteiger partial charge on any atom is 0.266 e. The highest BCUT2D eigenvalue weighted by molar-refractivity contribution is 7.21. The van der Waals surface area contributed by atoms with Crippen LogP contribution in [-0.4, -0.2) is 37.1 Å². The fourth-order valence-electron chi connectivity index (χ4n) is 2.15. The number of benzene rings is 1. The van der Waals surface area contributed by atoms with E-state index in [2.05, 4.69) is 0 Å². The number of likely N-dealkylation sites (N-methyl/N-ethyl adjacent to an activating group) is 1. The van der Waals surface area contributed by atoms with Crippen LogP contribution >= 0.6 is 22.9 Å². The molecule has 0 unspecified atom stereocenters. The van der Waals surface area contributed by atoms with Gasteiger partial charge in [-0.15, -0.1) is 11.3 Å². The van der Waals surface area contributed by atoms with Crippen LogP contribution in [0.3, 0.4) is 0 Å². The Kier molecular flexibility index (Phi) is 5.45. The maximum absolute atomic E-state index is 12.6. The van der Waals surface area contributed by atoms with Gasteiger partial charge in [0.05, 0.1) is 17.3 Å². The summed E-state index contributed by atoms with van der Waals surface area (Å²) in [6.07, 6.45) is 0. The molecule has 0 saturated heterocycles. The Morgan fingerprint density at radius 1 is 1.43 bits per heavy atom. The number of carbonyl (C=O) groups excluding carboxylic acids is 1. The van der Waals surface area contributed by atoms with E-state index in [9.17, 15) is 4.79 Å². The highest BCUT2D eigenvalue weighted by Crippen LogP contribution is 2.38. The molecule has 0 saturated carbocycles. The zero-order valence-corrected chi connectivity index (χ0v) is 13.8. The Morgan fingerprint density at radius 2 is 2.19 bits per heavy atom. The second-order valence-electron chi connectivity index (χ2n) is 4.54. The number of hydrogen-bond donors (Lipinski definition) is 1. The summed E-state index contributed by atoms with van der Waals surface area (Å²) < 4.78 is 6.25. The molecule has 2 N–H and O–H groups in total. The number of ether oxygens (including phenoxy) is 1. The van der Waals surface area contributed by atoms with Gasteiger partial charge in [0, 0.05) is 29.8 Å². The quantitative estimate of drug-likeness (QED) is 0.825. The molecule has 114 valence electrons. The van der Waals surface area contributed by atoms with Crippen molar-refractivity contribution >= 4 is 44.6 Å². The first kappa shape index (κ1) is 16.1. The number of hydrogen-bond acceptors (Lipinski definition) is 4. The molecule has 0 fully saturated rings. The second-order valence-corrected chi connectivity index (χ2v) is 6.00. The molecule has 2 rings (SSSR count). The van der Waals surface area contributed by atoms with Crippen molar-refractivity contribution in [3.05, 3.63) is 28.1 Å². The molecule has 0 bridgehead atoms. The van der Waals surface area contributed by atoms with E-state index in [0.717, 1.165) is 10.1 Å². The molecule has 1 aromatic carbocycles. The summed E-state index contributed by atoms with van der Waals surface area (Å²) in [5.41, 5.74) is 6.61. The zero-order valence-electron chi connectivity index (χ0n) is 12.2. The van der Waals surface area contributed by atoms with E-state index in [0.29, 0.717) is 41.9 Å². The monoisotopic (exact) mass is 326 g/mol. The summed E-state index contributed by atoms with van der Waals surface area (Å²) >= 11 is 7.57. The lowest BCUT2D eigenvalue weighted by Gasteiger charge is -2.20. The number of anilines is 1. The van der Waals surface area contributed by atoms with Crippen molar-refractivity contribution in [2.45, 2.75) is 13.8 Å². The van der Waals surface area contributed by atoms with Crippen LogP contribution in [0.2, 0.25) is 5.02 Å². The number of halogens is 1. The Morgan fingerprint density at radius 3 is 2.81 bits per heavy atom. The van der Waals surface area contributed by atoms with Gasteiger partial charge in [0.15, 0.2) is 0 Å². The van der Waals surface area contributed by atoms with Crippen molar-refractivity contribution in [2.24, 2.45) is 0 Å². The first-order chi connectivity index (χ1) is 10.1. The number of nitrogens with zero attached hydrogens (tertiary/aromatic N) is 1. The molecule has 0 aliphatic carbocycles. The van der Waals surface area contributed by atoms with E-state index in [1.54, 1.807) is 11.0 Å². The predicted octanol–water partition coefficient (Wildman–Crippen LogP) is 3.64. The Hall–Kier alpha value is -1.30. The molecule has 1 heterocycles. The average Bonchev–Trinajstić information content (AvgIpc) is 2.81. The lowest BCUT2D eigenvalue weighted by Crippen LogP contribution is -2.33. The van der Waals surface area contributed by atoms with Gasteiger partial charge in [-0.3, -0.25) is 4.79 Å². The minimum atomic E-state index is -0.0630. The molecule has 0 aliphatic heterocycles. The smallest absolute Gasteiger partial charge is 0.266 e. The summed E-state index contributed by atoms with van der Waals surface area (Å²) in [7, 11) is 0. The molecule has 21 heavy (non-hydrogen) atoms. The van der Waals surface area contributed by atoms with Gasteiger partial charge in [0.25, 0.3) is 5.91 Å². The molecule has 0 aliphatic rings. The van der Waals surface area contributed by atoms with Gasteiger partial charge in [0.2, 0.25) is 0 Å². The van der Waals surface area contributed by atoms with E-state index in [1.807, 2.05) is 26.0 Å². The van der Waals surface area contributed by atoms with E-state index in [-0.39, 0.29) is 5.91 Å². The van der Waals surface area contributed by atoms with Crippen LogP contribution in [0.1, 0.15) is 23.5 Å². The van der Waals surface area contributed by atoms with Crippen LogP contribution in [0, 0.1) is 0 Å². The number of carbonyl (C=O) groups is 1. The third-order valence-corrected chi connectivity index (χ3v) is 4.75. The van der Waals surface area contributed by atoms with Crippen LogP contribution in [0.4, 0.5) is 5.69 Å². The molecule has 0 atom stereocenters. The number of fused-ring (bicyclic) bond motifs is 1. The van der Waals surface area contributed by atoms with E-state index in [1.165, 1.54) is 11.3 Å². The third kappa shape index (κ3) is 3.31. The van der Waals surface area contributed by atoms with E-state index < -0.39 is 0 Å². The average molecular weight is 327 g/mol. The van der Waals surface area contributed by atoms with Crippen molar-refractivity contribution < 1.29 is 9.53 Å². The molecule has 4 nitrogen and oxygen atoms in total. The highest BCUT2D eigenvalue weighted by atomic mass is 35.5. The Balaban J connectivity index is 2.30. The normalized spacial score (nSPS) is 11.0. The van der Waals surface area contributed by atoms with E-state index in [4.69, 9.17) is 22.1 Å². The van der Waals surface area contributed by atoms with Crippen LogP contribution in [0.25, 0.3) is 10.1 Å². The fourth-order valence-corrected chi connectivity index (χ4v) is 3.60. The van der Waals surface area contributed by atoms with Crippen molar-refractivity contribution in [1.29, 1.82) is 0 Å². The van der Waals surface area contributed by atoms with Crippen LogP contribution in [0.15, 0.2) is 18.2 Å². The van der Waals surface area contributed by atoms with Gasteiger partial charge in [-0.2, -0.15) is 0 Å². The fraction of sp³-hybridized carbons (Fsp3) is 0.400. The molecular weight excluding hydrogens is 308 g/mol. The summed E-state index contributed by atoms with van der Waals surface area (Å²) in [6, 6.07) is 5.57. The number of thiophene rings is 1. The molecule has 1 aromatic heterocycles. The summed E-state index contributed by atoms with van der Waals surface area (Å²) in [6.45, 7) is 6.23. The number of amides is 1. The van der Waals surface area contributed by atoms with E-state index >= 15 is 0 Å². The molecule has 0 spiro atoms. The van der Waals surface area contributed by atoms with Crippen LogP contribution in [-0.2, 0) is 4.74 Å². The maximum atomic E-state index is 12.6. The van der Waals surface area contributed by atoms with Gasteiger partial charge in [-0.1, -0.05) is 17.7 Å². The lowest BCUT2D eigenvalue weighted by molar-refractivity contribution is 0.0674. The van der Waals surface area contributed by atoms with Gasteiger partial charge in [-0.05, 0) is 26.0 Å². The summed E-state index contributed by atoms with van der Waals surface area (Å²) in [4.78, 5) is 14.9.